The molecule has 0 saturated heterocycles. The predicted octanol–water partition coefficient (Wildman–Crippen LogP) is 4.30. The molecule has 2 aromatic carbocycles. The standard InChI is InChI=1S/C17H16Cl2N4O.2ClH/c1-24-17-11(18)6-9(7-12(17)19)15(21)16-10-4-2-3-5-13(10)22-14(8-20)23-16;;/h2-7,15H,8,20-21H2,1H3;2*1H. The molecule has 1 unspecified atom stereocenters. The molecule has 26 heavy (non-hydrogen) atoms. The fraction of sp³-hybridized carbons (Fsp3) is 0.176. The number of nitrogens with two attached hydrogens (primary N) is 2. The van der Waals surface area contributed by atoms with Gasteiger partial charge in [-0.3, -0.25) is 0 Å². The van der Waals surface area contributed by atoms with Crippen LogP contribution in [0.4, 0.5) is 0 Å². The van der Waals surface area contributed by atoms with Gasteiger partial charge >= 0.3 is 0 Å². The minimum Gasteiger partial charge on any atom is -0.494 e. The molecule has 0 amide bonds. The first-order valence-electron chi connectivity index (χ1n) is 7.29. The molecule has 9 heteroatoms. The molecule has 5 nitrogen and oxygen atoms in total. The lowest BCUT2D eigenvalue weighted by molar-refractivity contribution is 0.415. The van der Waals surface area contributed by atoms with Crippen molar-refractivity contribution in [3.8, 4) is 5.75 Å². The summed E-state index contributed by atoms with van der Waals surface area (Å²) in [6.07, 6.45) is 0. The van der Waals surface area contributed by atoms with Gasteiger partial charge in [-0.25, -0.2) is 9.97 Å². The average molecular weight is 436 g/mol. The van der Waals surface area contributed by atoms with E-state index >= 15 is 0 Å². The summed E-state index contributed by atoms with van der Waals surface area (Å²) in [6.45, 7) is 0.231. The van der Waals surface area contributed by atoms with Crippen molar-refractivity contribution in [1.29, 1.82) is 0 Å². The smallest absolute Gasteiger partial charge is 0.156 e. The number of methoxy groups -OCH3 is 1. The highest BCUT2D eigenvalue weighted by molar-refractivity contribution is 6.37. The lowest BCUT2D eigenvalue weighted by atomic mass is 10.0. The van der Waals surface area contributed by atoms with E-state index in [0.29, 0.717) is 27.3 Å². The van der Waals surface area contributed by atoms with Crippen LogP contribution in [0.3, 0.4) is 0 Å². The molecule has 0 aliphatic carbocycles. The monoisotopic (exact) mass is 434 g/mol. The second-order valence-corrected chi connectivity index (χ2v) is 6.06. The molecule has 0 bridgehead atoms. The van der Waals surface area contributed by atoms with Crippen molar-refractivity contribution >= 4 is 58.9 Å². The van der Waals surface area contributed by atoms with Crippen LogP contribution in [0.15, 0.2) is 36.4 Å². The van der Waals surface area contributed by atoms with Crippen LogP contribution in [0.1, 0.15) is 23.1 Å². The zero-order valence-electron chi connectivity index (χ0n) is 13.8. The van der Waals surface area contributed by atoms with Crippen molar-refractivity contribution in [2.45, 2.75) is 12.6 Å². The molecule has 1 heterocycles. The summed E-state index contributed by atoms with van der Waals surface area (Å²) in [5.41, 5.74) is 14.4. The van der Waals surface area contributed by atoms with E-state index in [4.69, 9.17) is 39.4 Å². The zero-order valence-corrected chi connectivity index (χ0v) is 16.9. The fourth-order valence-electron chi connectivity index (χ4n) is 2.59. The summed E-state index contributed by atoms with van der Waals surface area (Å²) in [7, 11) is 1.51. The van der Waals surface area contributed by atoms with Gasteiger partial charge in [-0.15, -0.1) is 24.8 Å². The molecular formula is C17H18Cl4N4O. The van der Waals surface area contributed by atoms with Gasteiger partial charge in [0.05, 0.1) is 41.0 Å². The molecule has 4 N–H and O–H groups in total. The number of benzene rings is 2. The Morgan fingerprint density at radius 1 is 1.08 bits per heavy atom. The van der Waals surface area contributed by atoms with Gasteiger partial charge in [0, 0.05) is 5.39 Å². The van der Waals surface area contributed by atoms with Crippen molar-refractivity contribution < 1.29 is 4.74 Å². The molecule has 0 radical (unpaired) electrons. The van der Waals surface area contributed by atoms with Crippen LogP contribution >= 0.6 is 48.0 Å². The summed E-state index contributed by atoms with van der Waals surface area (Å²) in [4.78, 5) is 8.95. The highest BCUT2D eigenvalue weighted by atomic mass is 35.5. The Bertz CT molecular complexity index is 884. The quantitative estimate of drug-likeness (QED) is 0.637. The SMILES string of the molecule is COc1c(Cl)cc(C(N)c2nc(CN)nc3ccccc23)cc1Cl.Cl.Cl. The second-order valence-electron chi connectivity index (χ2n) is 5.24. The van der Waals surface area contributed by atoms with Gasteiger partial charge in [0.25, 0.3) is 0 Å². The first-order chi connectivity index (χ1) is 11.5. The highest BCUT2D eigenvalue weighted by Gasteiger charge is 2.19. The third kappa shape index (κ3) is 4.31. The number of hydrogen-bond donors (Lipinski definition) is 2. The van der Waals surface area contributed by atoms with Crippen molar-refractivity contribution in [2.75, 3.05) is 7.11 Å². The van der Waals surface area contributed by atoms with Gasteiger partial charge in [-0.05, 0) is 23.8 Å². The first-order valence-corrected chi connectivity index (χ1v) is 8.05. The maximum atomic E-state index is 6.45. The van der Waals surface area contributed by atoms with E-state index < -0.39 is 6.04 Å². The molecule has 140 valence electrons. The van der Waals surface area contributed by atoms with E-state index in [2.05, 4.69) is 9.97 Å². The largest absolute Gasteiger partial charge is 0.494 e. The number of hydrogen-bond acceptors (Lipinski definition) is 5. The molecule has 1 atom stereocenters. The summed E-state index contributed by atoms with van der Waals surface area (Å²) in [6, 6.07) is 10.6. The Morgan fingerprint density at radius 2 is 1.69 bits per heavy atom. The Labute approximate surface area is 173 Å². The van der Waals surface area contributed by atoms with Crippen molar-refractivity contribution in [3.63, 3.8) is 0 Å². The Kier molecular flexibility index (Phi) is 8.34. The van der Waals surface area contributed by atoms with Crippen molar-refractivity contribution in [1.82, 2.24) is 9.97 Å². The van der Waals surface area contributed by atoms with Crippen LogP contribution in [-0.2, 0) is 6.54 Å². The third-order valence-corrected chi connectivity index (χ3v) is 4.30. The Hall–Kier alpha value is -1.34. The molecule has 0 saturated carbocycles. The summed E-state index contributed by atoms with van der Waals surface area (Å²) in [5, 5.41) is 1.66. The Balaban J connectivity index is 0.00000169. The number of ether oxygens (including phenoxy) is 1. The molecule has 3 rings (SSSR count). The number of fused-ring (bicyclic) bond motifs is 1. The first kappa shape index (κ1) is 22.7. The fourth-order valence-corrected chi connectivity index (χ4v) is 3.25. The summed E-state index contributed by atoms with van der Waals surface area (Å²) >= 11 is 12.5. The number of rotatable bonds is 4. The highest BCUT2D eigenvalue weighted by Crippen LogP contribution is 2.36. The van der Waals surface area contributed by atoms with E-state index in [1.807, 2.05) is 24.3 Å². The van der Waals surface area contributed by atoms with Crippen LogP contribution in [0.25, 0.3) is 10.9 Å². The van der Waals surface area contributed by atoms with Gasteiger partial charge < -0.3 is 16.2 Å². The number of nitrogens with zero attached hydrogens (tertiary/aromatic N) is 2. The molecule has 0 fully saturated rings. The van der Waals surface area contributed by atoms with E-state index in [0.717, 1.165) is 16.5 Å². The molecule has 0 spiro atoms. The van der Waals surface area contributed by atoms with Crippen LogP contribution < -0.4 is 16.2 Å². The van der Waals surface area contributed by atoms with Crippen LogP contribution in [0.5, 0.6) is 5.75 Å². The van der Waals surface area contributed by atoms with Gasteiger partial charge in [0.2, 0.25) is 0 Å². The summed E-state index contributed by atoms with van der Waals surface area (Å²) in [5.74, 6) is 0.953. The van der Waals surface area contributed by atoms with Crippen LogP contribution in [-0.4, -0.2) is 17.1 Å². The lowest BCUT2D eigenvalue weighted by Crippen LogP contribution is -2.17. The normalized spacial score (nSPS) is 11.4. The molecule has 0 aliphatic heterocycles. The molecule has 3 aromatic rings. The number of halogens is 4. The van der Waals surface area contributed by atoms with E-state index in [1.165, 1.54) is 7.11 Å². The zero-order chi connectivity index (χ0) is 17.3. The van der Waals surface area contributed by atoms with E-state index in [-0.39, 0.29) is 31.4 Å². The second kappa shape index (κ2) is 9.55. The minimum atomic E-state index is -0.524. The topological polar surface area (TPSA) is 87.0 Å². The number of aromatic nitrogens is 2. The van der Waals surface area contributed by atoms with E-state index in [1.54, 1.807) is 12.1 Å². The minimum absolute atomic E-state index is 0. The maximum absolute atomic E-state index is 6.45. The predicted molar refractivity (Wildman–Crippen MR) is 111 cm³/mol. The van der Waals surface area contributed by atoms with Crippen molar-refractivity contribution in [3.05, 3.63) is 63.5 Å². The van der Waals surface area contributed by atoms with Crippen LogP contribution in [0.2, 0.25) is 10.0 Å². The molecule has 1 aromatic heterocycles. The average Bonchev–Trinajstić information content (AvgIpc) is 2.59. The van der Waals surface area contributed by atoms with Gasteiger partial charge in [-0.1, -0.05) is 41.4 Å². The third-order valence-electron chi connectivity index (χ3n) is 3.74. The Morgan fingerprint density at radius 3 is 2.27 bits per heavy atom. The van der Waals surface area contributed by atoms with E-state index in [9.17, 15) is 0 Å². The van der Waals surface area contributed by atoms with Gasteiger partial charge in [0.15, 0.2) is 5.75 Å². The molecular weight excluding hydrogens is 418 g/mol. The lowest BCUT2D eigenvalue weighted by Gasteiger charge is -2.17. The van der Waals surface area contributed by atoms with Gasteiger partial charge in [-0.2, -0.15) is 0 Å². The summed E-state index contributed by atoms with van der Waals surface area (Å²) < 4.78 is 5.18. The van der Waals surface area contributed by atoms with Gasteiger partial charge in [0.1, 0.15) is 5.82 Å². The van der Waals surface area contributed by atoms with Crippen molar-refractivity contribution in [2.24, 2.45) is 11.5 Å². The number of para-hydroxylation sites is 1. The van der Waals surface area contributed by atoms with Crippen LogP contribution in [0, 0.1) is 0 Å². The maximum Gasteiger partial charge on any atom is 0.156 e. The molecule has 0 aliphatic rings.